The summed E-state index contributed by atoms with van der Waals surface area (Å²) in [6.07, 6.45) is 3.29. The lowest BCUT2D eigenvalue weighted by atomic mass is 9.50. The molecular weight excluding hydrogens is 297 g/mol. The highest BCUT2D eigenvalue weighted by Gasteiger charge is 2.50. The Morgan fingerprint density at radius 2 is 1.67 bits per heavy atom. The maximum Gasteiger partial charge on any atom is 0.443 e. The fraction of sp³-hybridized carbons (Fsp3) is 0.800. The van der Waals surface area contributed by atoms with Gasteiger partial charge in [0.15, 0.2) is 5.01 Å². The van der Waals surface area contributed by atoms with Gasteiger partial charge in [-0.25, -0.2) is 4.98 Å². The van der Waals surface area contributed by atoms with Crippen molar-refractivity contribution in [3.8, 4) is 0 Å². The Kier molecular flexibility index (Phi) is 3.12. The lowest BCUT2D eigenvalue weighted by Crippen LogP contribution is -2.48. The first-order valence-electron chi connectivity index (χ1n) is 7.70. The highest BCUT2D eigenvalue weighted by Crippen LogP contribution is 2.59. The minimum atomic E-state index is -4.35. The smallest absolute Gasteiger partial charge is 0.323 e. The van der Waals surface area contributed by atoms with E-state index in [2.05, 4.69) is 4.98 Å². The second kappa shape index (κ2) is 4.69. The van der Waals surface area contributed by atoms with Crippen LogP contribution in [0.4, 0.5) is 13.2 Å². The topological polar surface area (TPSA) is 38.9 Å². The van der Waals surface area contributed by atoms with Crippen molar-refractivity contribution in [2.45, 2.75) is 44.3 Å². The molecule has 116 valence electrons. The van der Waals surface area contributed by atoms with Crippen molar-refractivity contribution < 1.29 is 13.2 Å². The number of halogens is 3. The minimum absolute atomic E-state index is 0.270. The first-order chi connectivity index (χ1) is 9.91. The van der Waals surface area contributed by atoms with Crippen LogP contribution in [0.25, 0.3) is 0 Å². The Bertz CT molecular complexity index is 511. The largest absolute Gasteiger partial charge is 0.443 e. The summed E-state index contributed by atoms with van der Waals surface area (Å²) in [4.78, 5) is 4.15. The van der Waals surface area contributed by atoms with Gasteiger partial charge in [0.1, 0.15) is 0 Å². The van der Waals surface area contributed by atoms with Crippen LogP contribution in [0.1, 0.15) is 48.0 Å². The third-order valence-electron chi connectivity index (χ3n) is 5.81. The SMILES string of the molecule is NC(c1cnc(C(F)(F)F)s1)C1C2CC3CC(C2)CC1C3. The molecule has 4 aliphatic rings. The Morgan fingerprint density at radius 3 is 2.14 bits per heavy atom. The number of aromatic nitrogens is 1. The molecular formula is C15H19F3N2S. The molecule has 4 bridgehead atoms. The van der Waals surface area contributed by atoms with E-state index >= 15 is 0 Å². The van der Waals surface area contributed by atoms with E-state index < -0.39 is 11.2 Å². The average molecular weight is 316 g/mol. The van der Waals surface area contributed by atoms with Gasteiger partial charge >= 0.3 is 6.18 Å². The zero-order valence-electron chi connectivity index (χ0n) is 11.6. The van der Waals surface area contributed by atoms with Crippen LogP contribution in [0.15, 0.2) is 6.20 Å². The molecule has 4 saturated carbocycles. The van der Waals surface area contributed by atoms with Gasteiger partial charge in [0.05, 0.1) is 0 Å². The standard InChI is InChI=1S/C15H19F3N2S/c16-15(17,18)14-20-6-11(21-14)13(19)12-9-2-7-1-8(4-9)5-10(12)3-7/h6-10,12-13H,1-5,19H2. The predicted octanol–water partition coefficient (Wildman–Crippen LogP) is 4.23. The minimum Gasteiger partial charge on any atom is -0.323 e. The van der Waals surface area contributed by atoms with E-state index in [-0.39, 0.29) is 6.04 Å². The highest BCUT2D eigenvalue weighted by molar-refractivity contribution is 7.11. The van der Waals surface area contributed by atoms with E-state index in [9.17, 15) is 13.2 Å². The van der Waals surface area contributed by atoms with Gasteiger partial charge in [-0.05, 0) is 61.7 Å². The normalized spacial score (nSPS) is 39.7. The molecule has 6 heteroatoms. The van der Waals surface area contributed by atoms with Gasteiger partial charge < -0.3 is 5.73 Å². The van der Waals surface area contributed by atoms with Gasteiger partial charge in [0, 0.05) is 17.1 Å². The van der Waals surface area contributed by atoms with Crippen LogP contribution in [0.5, 0.6) is 0 Å². The Labute approximate surface area is 125 Å². The lowest BCUT2D eigenvalue weighted by Gasteiger charge is -2.55. The van der Waals surface area contributed by atoms with E-state index in [1.807, 2.05) is 0 Å². The summed E-state index contributed by atoms with van der Waals surface area (Å²) in [5.41, 5.74) is 6.38. The van der Waals surface area contributed by atoms with Crippen LogP contribution in [-0.4, -0.2) is 4.98 Å². The van der Waals surface area contributed by atoms with Gasteiger partial charge in [0.25, 0.3) is 0 Å². The number of nitrogens with zero attached hydrogens (tertiary/aromatic N) is 1. The summed E-state index contributed by atoms with van der Waals surface area (Å²) >= 11 is 0.731. The van der Waals surface area contributed by atoms with E-state index in [4.69, 9.17) is 5.73 Å². The first-order valence-corrected chi connectivity index (χ1v) is 8.52. The molecule has 0 aromatic carbocycles. The molecule has 1 atom stereocenters. The van der Waals surface area contributed by atoms with Crippen molar-refractivity contribution >= 4 is 11.3 Å². The molecule has 4 aliphatic carbocycles. The molecule has 0 amide bonds. The predicted molar refractivity (Wildman–Crippen MR) is 74.6 cm³/mol. The number of thiazole rings is 1. The molecule has 1 heterocycles. The average Bonchev–Trinajstić information content (AvgIpc) is 2.86. The van der Waals surface area contributed by atoms with E-state index in [0.717, 1.165) is 23.2 Å². The highest BCUT2D eigenvalue weighted by atomic mass is 32.1. The summed E-state index contributed by atoms with van der Waals surface area (Å²) in [5.74, 6) is 3.30. The monoisotopic (exact) mass is 316 g/mol. The Morgan fingerprint density at radius 1 is 1.10 bits per heavy atom. The fourth-order valence-corrected chi connectivity index (χ4v) is 6.16. The molecule has 2 nitrogen and oxygen atoms in total. The van der Waals surface area contributed by atoms with Crippen LogP contribution >= 0.6 is 11.3 Å². The van der Waals surface area contributed by atoms with E-state index in [1.54, 1.807) is 0 Å². The van der Waals surface area contributed by atoms with Crippen molar-refractivity contribution in [1.82, 2.24) is 4.98 Å². The van der Waals surface area contributed by atoms with Crippen molar-refractivity contribution in [3.05, 3.63) is 16.1 Å². The third kappa shape index (κ3) is 2.31. The van der Waals surface area contributed by atoms with E-state index in [1.165, 1.54) is 38.3 Å². The molecule has 21 heavy (non-hydrogen) atoms. The lowest BCUT2D eigenvalue weighted by molar-refractivity contribution is -0.137. The molecule has 5 rings (SSSR count). The molecule has 1 unspecified atom stereocenters. The Balaban J connectivity index is 1.57. The second-order valence-electron chi connectivity index (χ2n) is 7.10. The second-order valence-corrected chi connectivity index (χ2v) is 8.16. The number of hydrogen-bond acceptors (Lipinski definition) is 3. The zero-order chi connectivity index (χ0) is 14.8. The molecule has 0 saturated heterocycles. The summed E-state index contributed by atoms with van der Waals surface area (Å²) in [5, 5.41) is -0.767. The van der Waals surface area contributed by atoms with Gasteiger partial charge in [-0.15, -0.1) is 11.3 Å². The molecule has 4 fully saturated rings. The van der Waals surface area contributed by atoms with E-state index in [0.29, 0.717) is 22.6 Å². The maximum atomic E-state index is 12.7. The molecule has 0 radical (unpaired) electrons. The van der Waals surface area contributed by atoms with Crippen molar-refractivity contribution in [3.63, 3.8) is 0 Å². The quantitative estimate of drug-likeness (QED) is 0.886. The van der Waals surface area contributed by atoms with Crippen molar-refractivity contribution in [2.24, 2.45) is 35.3 Å². The van der Waals surface area contributed by atoms with Crippen LogP contribution in [0.3, 0.4) is 0 Å². The van der Waals surface area contributed by atoms with Gasteiger partial charge in [-0.2, -0.15) is 13.2 Å². The van der Waals surface area contributed by atoms with Crippen LogP contribution in [0.2, 0.25) is 0 Å². The van der Waals surface area contributed by atoms with Crippen molar-refractivity contribution in [2.75, 3.05) is 0 Å². The summed E-state index contributed by atoms with van der Waals surface area (Å²) in [6, 6.07) is -0.270. The van der Waals surface area contributed by atoms with Crippen molar-refractivity contribution in [1.29, 1.82) is 0 Å². The van der Waals surface area contributed by atoms with Crippen LogP contribution < -0.4 is 5.73 Å². The molecule has 0 aliphatic heterocycles. The molecule has 1 aromatic rings. The Hall–Kier alpha value is -0.620. The maximum absolute atomic E-state index is 12.7. The fourth-order valence-electron chi connectivity index (χ4n) is 5.32. The molecule has 1 aromatic heterocycles. The summed E-state index contributed by atoms with van der Waals surface area (Å²) in [7, 11) is 0. The third-order valence-corrected chi connectivity index (χ3v) is 6.95. The van der Waals surface area contributed by atoms with Crippen LogP contribution in [0, 0.1) is 29.6 Å². The molecule has 2 N–H and O–H groups in total. The first kappa shape index (κ1) is 14.0. The number of alkyl halides is 3. The summed E-state index contributed by atoms with van der Waals surface area (Å²) in [6.45, 7) is 0. The van der Waals surface area contributed by atoms with Gasteiger partial charge in [0.2, 0.25) is 0 Å². The zero-order valence-corrected chi connectivity index (χ0v) is 12.5. The van der Waals surface area contributed by atoms with Crippen LogP contribution in [-0.2, 0) is 6.18 Å². The number of hydrogen-bond donors (Lipinski definition) is 1. The number of nitrogens with two attached hydrogens (primary N) is 1. The number of rotatable bonds is 2. The summed E-state index contributed by atoms with van der Waals surface area (Å²) < 4.78 is 38.1. The van der Waals surface area contributed by atoms with Gasteiger partial charge in [-0.3, -0.25) is 0 Å². The van der Waals surface area contributed by atoms with Gasteiger partial charge in [-0.1, -0.05) is 0 Å². The molecule has 0 spiro atoms.